The van der Waals surface area contributed by atoms with Crippen LogP contribution in [0.3, 0.4) is 0 Å². The minimum atomic E-state index is -4.60. The number of aromatic amines is 1. The lowest BCUT2D eigenvalue weighted by molar-refractivity contribution is -0.137. The van der Waals surface area contributed by atoms with Crippen LogP contribution in [0, 0.1) is 0 Å². The van der Waals surface area contributed by atoms with Crippen LogP contribution in [0.5, 0.6) is 0 Å². The van der Waals surface area contributed by atoms with E-state index in [1.165, 1.54) is 0 Å². The Morgan fingerprint density at radius 1 is 1.25 bits per heavy atom. The third-order valence-electron chi connectivity index (χ3n) is 3.09. The van der Waals surface area contributed by atoms with Gasteiger partial charge in [-0.25, -0.2) is 0 Å². The number of nitrogens with zero attached hydrogens (tertiary/aromatic N) is 3. The maximum atomic E-state index is 12.7. The summed E-state index contributed by atoms with van der Waals surface area (Å²) >= 11 is 3.51. The lowest BCUT2D eigenvalue weighted by Gasteiger charge is -2.09. The molecule has 0 saturated carbocycles. The fourth-order valence-electron chi connectivity index (χ4n) is 2.19. The van der Waals surface area contributed by atoms with Crippen molar-refractivity contribution in [3.05, 3.63) is 39.9 Å². The van der Waals surface area contributed by atoms with Gasteiger partial charge in [-0.3, -0.25) is 13.8 Å². The Labute approximate surface area is 165 Å². The standard InChI is InChI=1S/C11H8F3N4O4P.C3H9BrSi/c12-11(13,14)5-1-2-7-6(3-5)15-10(19)9-17-16-8(18(7)9)4-23(20,21)22;1-5(2,3)4/h1-3H,4H2,(H,15,19)(H2,20,21,22);1-3H3. The monoisotopic (exact) mass is 500 g/mol. The van der Waals surface area contributed by atoms with Crippen LogP contribution in [0.2, 0.25) is 19.6 Å². The van der Waals surface area contributed by atoms with Crippen molar-refractivity contribution in [3.63, 3.8) is 0 Å². The zero-order valence-electron chi connectivity index (χ0n) is 15.0. The third kappa shape index (κ3) is 5.98. The molecule has 0 aliphatic rings. The van der Waals surface area contributed by atoms with Crippen molar-refractivity contribution in [1.29, 1.82) is 0 Å². The summed E-state index contributed by atoms with van der Waals surface area (Å²) in [5, 5.41) is 7.07. The Hall–Kier alpha value is -1.53. The zero-order valence-corrected chi connectivity index (χ0v) is 18.4. The van der Waals surface area contributed by atoms with Crippen molar-refractivity contribution in [2.75, 3.05) is 0 Å². The SMILES string of the molecule is C[Si](C)(C)Br.O=c1[nH]c2cc(C(F)(F)F)ccc2n2c(CP(=O)(O)O)nnc12. The highest BCUT2D eigenvalue weighted by Gasteiger charge is 2.31. The Morgan fingerprint density at radius 3 is 2.32 bits per heavy atom. The summed E-state index contributed by atoms with van der Waals surface area (Å²) in [5.41, 5.74) is -2.10. The molecule has 1 aromatic carbocycles. The number of fused-ring (bicyclic) bond motifs is 3. The summed E-state index contributed by atoms with van der Waals surface area (Å²) in [5.74, 6) is -0.218. The molecule has 0 aliphatic heterocycles. The number of hydrogen-bond acceptors (Lipinski definition) is 4. The number of rotatable bonds is 2. The van der Waals surface area contributed by atoms with Crippen molar-refractivity contribution in [3.8, 4) is 0 Å². The van der Waals surface area contributed by atoms with Crippen molar-refractivity contribution in [1.82, 2.24) is 19.6 Å². The van der Waals surface area contributed by atoms with Crippen molar-refractivity contribution in [2.24, 2.45) is 0 Å². The Kier molecular flexibility index (Phi) is 6.27. The van der Waals surface area contributed by atoms with E-state index in [2.05, 4.69) is 50.1 Å². The molecule has 154 valence electrons. The van der Waals surface area contributed by atoms with Gasteiger partial charge >= 0.3 is 13.8 Å². The quantitative estimate of drug-likeness (QED) is 0.281. The molecule has 0 aliphatic carbocycles. The van der Waals surface area contributed by atoms with Crippen LogP contribution < -0.4 is 5.56 Å². The van der Waals surface area contributed by atoms with Crippen molar-refractivity contribution in [2.45, 2.75) is 32.0 Å². The molecule has 0 unspecified atom stereocenters. The molecule has 3 N–H and O–H groups in total. The lowest BCUT2D eigenvalue weighted by atomic mass is 10.2. The van der Waals surface area contributed by atoms with Crippen LogP contribution in [0.15, 0.2) is 23.0 Å². The normalized spacial score (nSPS) is 12.9. The van der Waals surface area contributed by atoms with E-state index < -0.39 is 37.7 Å². The fourth-order valence-corrected chi connectivity index (χ4v) is 2.76. The molecule has 2 aromatic heterocycles. The zero-order chi connectivity index (χ0) is 21.5. The number of halogens is 4. The van der Waals surface area contributed by atoms with Gasteiger partial charge in [0.2, 0.25) is 5.65 Å². The van der Waals surface area contributed by atoms with E-state index >= 15 is 0 Å². The highest BCUT2D eigenvalue weighted by Crippen LogP contribution is 2.39. The summed E-state index contributed by atoms with van der Waals surface area (Å²) in [6.45, 7) is 5.93. The van der Waals surface area contributed by atoms with Gasteiger partial charge in [0.25, 0.3) is 5.56 Å². The Bertz CT molecular complexity index is 1110. The first-order valence-electron chi connectivity index (χ1n) is 7.77. The van der Waals surface area contributed by atoms with Gasteiger partial charge in [0.15, 0.2) is 0 Å². The van der Waals surface area contributed by atoms with E-state index in [4.69, 9.17) is 9.79 Å². The molecule has 0 bridgehead atoms. The lowest BCUT2D eigenvalue weighted by Crippen LogP contribution is -2.13. The highest BCUT2D eigenvalue weighted by atomic mass is 79.9. The highest BCUT2D eigenvalue weighted by molar-refractivity contribution is 9.26. The van der Waals surface area contributed by atoms with E-state index in [0.29, 0.717) is 0 Å². The molecule has 3 rings (SSSR count). The van der Waals surface area contributed by atoms with Crippen LogP contribution >= 0.6 is 22.9 Å². The van der Waals surface area contributed by atoms with Crippen molar-refractivity contribution < 1.29 is 27.5 Å². The van der Waals surface area contributed by atoms with Crippen LogP contribution in [-0.2, 0) is 16.9 Å². The number of benzene rings is 1. The molecule has 2 heterocycles. The largest absolute Gasteiger partial charge is 0.416 e. The maximum absolute atomic E-state index is 12.7. The van der Waals surface area contributed by atoms with Gasteiger partial charge in [0.05, 0.1) is 16.6 Å². The van der Waals surface area contributed by atoms with E-state index in [1.807, 2.05) is 0 Å². The molecule has 0 amide bonds. The molecule has 8 nitrogen and oxygen atoms in total. The van der Waals surface area contributed by atoms with Crippen molar-refractivity contribution >= 4 is 46.3 Å². The number of alkyl halides is 3. The first kappa shape index (κ1) is 22.8. The summed E-state index contributed by atoms with van der Waals surface area (Å²) in [6, 6.07) is 2.60. The van der Waals surface area contributed by atoms with Gasteiger partial charge in [0, 0.05) is 0 Å². The minimum absolute atomic E-state index is 0.0982. The van der Waals surface area contributed by atoms with E-state index in [1.54, 1.807) is 0 Å². The van der Waals surface area contributed by atoms with E-state index in [0.717, 1.165) is 22.6 Å². The summed E-state index contributed by atoms with van der Waals surface area (Å²) in [6.07, 6.45) is -5.39. The number of nitrogens with one attached hydrogen (secondary N) is 1. The Morgan fingerprint density at radius 2 is 1.82 bits per heavy atom. The van der Waals surface area contributed by atoms with Crippen LogP contribution in [0.25, 0.3) is 16.7 Å². The van der Waals surface area contributed by atoms with Gasteiger partial charge < -0.3 is 14.8 Å². The molecule has 14 heteroatoms. The van der Waals surface area contributed by atoms with Crippen LogP contribution in [0.1, 0.15) is 11.4 Å². The predicted octanol–water partition coefficient (Wildman–Crippen LogP) is 3.48. The fraction of sp³-hybridized carbons (Fsp3) is 0.357. The molecule has 0 spiro atoms. The number of hydrogen-bond donors (Lipinski definition) is 3. The predicted molar refractivity (Wildman–Crippen MR) is 104 cm³/mol. The minimum Gasteiger partial charge on any atom is -0.324 e. The second-order valence-electron chi connectivity index (χ2n) is 6.85. The summed E-state index contributed by atoms with van der Waals surface area (Å²) in [7, 11) is -4.50. The smallest absolute Gasteiger partial charge is 0.324 e. The maximum Gasteiger partial charge on any atom is 0.416 e. The first-order valence-corrected chi connectivity index (χ1v) is 15.3. The second kappa shape index (κ2) is 7.71. The second-order valence-corrected chi connectivity index (χ2v) is 19.8. The van der Waals surface area contributed by atoms with Crippen LogP contribution in [-0.4, -0.2) is 36.1 Å². The molecule has 0 radical (unpaired) electrons. The molecular formula is C14H17BrF3N4O4PSi. The average Bonchev–Trinajstić information content (AvgIpc) is 2.86. The summed E-state index contributed by atoms with van der Waals surface area (Å²) < 4.78 is 50.4. The van der Waals surface area contributed by atoms with Gasteiger partial charge in [-0.1, -0.05) is 19.6 Å². The molecule has 0 atom stereocenters. The first-order chi connectivity index (χ1) is 12.6. The molecule has 28 heavy (non-hydrogen) atoms. The molecule has 3 aromatic rings. The molecule has 0 saturated heterocycles. The number of aromatic nitrogens is 4. The van der Waals surface area contributed by atoms with Gasteiger partial charge in [0.1, 0.15) is 18.7 Å². The van der Waals surface area contributed by atoms with E-state index in [-0.39, 0.29) is 22.5 Å². The molecule has 0 fully saturated rings. The van der Waals surface area contributed by atoms with Crippen LogP contribution in [0.4, 0.5) is 13.2 Å². The average molecular weight is 501 g/mol. The Balaban J connectivity index is 0.000000500. The van der Waals surface area contributed by atoms with Gasteiger partial charge in [-0.2, -0.15) is 13.2 Å². The van der Waals surface area contributed by atoms with Gasteiger partial charge in [-0.15, -0.1) is 25.5 Å². The molecular weight excluding hydrogens is 484 g/mol. The van der Waals surface area contributed by atoms with Gasteiger partial charge in [-0.05, 0) is 18.2 Å². The van der Waals surface area contributed by atoms with E-state index in [9.17, 15) is 22.5 Å². The summed E-state index contributed by atoms with van der Waals surface area (Å²) in [4.78, 5) is 32.2. The third-order valence-corrected chi connectivity index (χ3v) is 3.79. The topological polar surface area (TPSA) is 121 Å². The number of H-pyrrole nitrogens is 1.